The van der Waals surface area contributed by atoms with E-state index in [0.29, 0.717) is 44.6 Å². The van der Waals surface area contributed by atoms with Crippen LogP contribution in [0.25, 0.3) is 0 Å². The third kappa shape index (κ3) is 6.45. The number of hydrogen-bond donors (Lipinski definition) is 2. The molecule has 1 heterocycles. The molecule has 2 aromatic rings. The fourth-order valence-electron chi connectivity index (χ4n) is 5.05. The molecule has 0 saturated carbocycles. The van der Waals surface area contributed by atoms with Crippen LogP contribution < -0.4 is 14.3 Å². The molecule has 1 aliphatic heterocycles. The Bertz CT molecular complexity index is 1340. The summed E-state index contributed by atoms with van der Waals surface area (Å²) >= 11 is 0. The zero-order valence-electron chi connectivity index (χ0n) is 21.3. The molecule has 0 unspecified atom stereocenters. The summed E-state index contributed by atoms with van der Waals surface area (Å²) in [6, 6.07) is 12.1. The van der Waals surface area contributed by atoms with Gasteiger partial charge in [0, 0.05) is 24.8 Å². The van der Waals surface area contributed by atoms with Gasteiger partial charge in [-0.05, 0) is 75.3 Å². The lowest BCUT2D eigenvalue weighted by Crippen LogP contribution is -2.38. The van der Waals surface area contributed by atoms with Crippen molar-refractivity contribution in [3.05, 3.63) is 53.6 Å². The molecule has 202 valence electrons. The van der Waals surface area contributed by atoms with E-state index < -0.39 is 20.0 Å². The van der Waals surface area contributed by atoms with Crippen molar-refractivity contribution in [1.82, 2.24) is 4.72 Å². The van der Waals surface area contributed by atoms with Crippen molar-refractivity contribution in [3.8, 4) is 0 Å². The highest BCUT2D eigenvalue weighted by Crippen LogP contribution is 2.35. The first-order chi connectivity index (χ1) is 17.6. The molecule has 1 aliphatic carbocycles. The van der Waals surface area contributed by atoms with E-state index in [1.165, 1.54) is 13.0 Å². The number of anilines is 2. The molecule has 4 rings (SSSR count). The molecule has 37 heavy (non-hydrogen) atoms. The number of esters is 1. The molecular formula is C26H35N3O6S2. The summed E-state index contributed by atoms with van der Waals surface area (Å²) in [4.78, 5) is 14.1. The molecule has 0 aromatic heterocycles. The van der Waals surface area contributed by atoms with Gasteiger partial charge in [0.05, 0.1) is 24.0 Å². The number of rotatable bonds is 9. The smallest absolute Gasteiger partial charge is 0.309 e. The van der Waals surface area contributed by atoms with E-state index in [-0.39, 0.29) is 34.3 Å². The van der Waals surface area contributed by atoms with E-state index in [1.54, 1.807) is 19.1 Å². The monoisotopic (exact) mass is 549 g/mol. The first-order valence-electron chi connectivity index (χ1n) is 12.8. The highest BCUT2D eigenvalue weighted by atomic mass is 32.2. The van der Waals surface area contributed by atoms with E-state index >= 15 is 0 Å². The number of benzene rings is 2. The molecule has 9 nitrogen and oxygen atoms in total. The number of sulfonamides is 2. The van der Waals surface area contributed by atoms with Crippen LogP contribution in [0.4, 0.5) is 11.4 Å². The number of fused-ring (bicyclic) bond motifs is 1. The van der Waals surface area contributed by atoms with Gasteiger partial charge in [0.15, 0.2) is 0 Å². The molecule has 0 amide bonds. The minimum Gasteiger partial charge on any atom is -0.466 e. The third-order valence-electron chi connectivity index (χ3n) is 7.03. The Morgan fingerprint density at radius 2 is 1.76 bits per heavy atom. The normalized spacial score (nSPS) is 18.8. The van der Waals surface area contributed by atoms with Crippen LogP contribution >= 0.6 is 0 Å². The highest BCUT2D eigenvalue weighted by molar-refractivity contribution is 7.92. The lowest BCUT2D eigenvalue weighted by Gasteiger charge is -2.34. The van der Waals surface area contributed by atoms with Crippen molar-refractivity contribution in [2.24, 2.45) is 5.92 Å². The van der Waals surface area contributed by atoms with Crippen LogP contribution in [-0.4, -0.2) is 48.3 Å². The predicted molar refractivity (Wildman–Crippen MR) is 144 cm³/mol. The average molecular weight is 550 g/mol. The average Bonchev–Trinajstić information content (AvgIpc) is 2.89. The molecule has 0 bridgehead atoms. The summed E-state index contributed by atoms with van der Waals surface area (Å²) in [6.07, 6.45) is 3.55. The summed E-state index contributed by atoms with van der Waals surface area (Å²) in [5, 5.41) is 0. The third-order valence-corrected chi connectivity index (χ3v) is 9.83. The Balaban J connectivity index is 1.66. The fraction of sp³-hybridized carbons (Fsp3) is 0.500. The Hall–Kier alpha value is -2.63. The van der Waals surface area contributed by atoms with Gasteiger partial charge in [-0.25, -0.2) is 21.6 Å². The van der Waals surface area contributed by atoms with Crippen molar-refractivity contribution >= 4 is 37.4 Å². The van der Waals surface area contributed by atoms with E-state index in [0.717, 1.165) is 24.0 Å². The summed E-state index contributed by atoms with van der Waals surface area (Å²) < 4.78 is 62.6. The van der Waals surface area contributed by atoms with Crippen molar-refractivity contribution in [2.45, 2.75) is 56.9 Å². The summed E-state index contributed by atoms with van der Waals surface area (Å²) in [6.45, 7) is 4.59. The number of carbonyl (C=O) groups excluding carboxylic acids is 1. The summed E-state index contributed by atoms with van der Waals surface area (Å²) in [5.74, 6) is -0.573. The number of piperidine rings is 1. The van der Waals surface area contributed by atoms with Gasteiger partial charge in [-0.2, -0.15) is 0 Å². The van der Waals surface area contributed by atoms with Gasteiger partial charge >= 0.3 is 5.97 Å². The fourth-order valence-corrected chi connectivity index (χ4v) is 7.18. The molecule has 1 fully saturated rings. The van der Waals surface area contributed by atoms with E-state index in [1.807, 2.05) is 29.2 Å². The van der Waals surface area contributed by atoms with Gasteiger partial charge in [0.25, 0.3) is 0 Å². The molecular weight excluding hydrogens is 514 g/mol. The Morgan fingerprint density at radius 1 is 1.03 bits per heavy atom. The molecule has 2 N–H and O–H groups in total. The molecule has 11 heteroatoms. The molecule has 2 aromatic carbocycles. The lowest BCUT2D eigenvalue weighted by molar-refractivity contribution is -0.148. The van der Waals surface area contributed by atoms with E-state index in [9.17, 15) is 21.6 Å². The van der Waals surface area contributed by atoms with Gasteiger partial charge in [0.1, 0.15) is 4.90 Å². The van der Waals surface area contributed by atoms with Crippen molar-refractivity contribution < 1.29 is 26.4 Å². The molecule has 0 spiro atoms. The van der Waals surface area contributed by atoms with Crippen molar-refractivity contribution in [3.63, 3.8) is 0 Å². The van der Waals surface area contributed by atoms with Crippen LogP contribution in [-0.2, 0) is 36.0 Å². The van der Waals surface area contributed by atoms with Crippen LogP contribution in [0.5, 0.6) is 0 Å². The SMILES string of the molecule is CCOC(=O)C1CCN(c2ccc(NS(=O)(=O)CC)cc2S(=O)(=O)N[C@@H]2CCCc3ccccc32)CC1. The zero-order chi connectivity index (χ0) is 26.6. The van der Waals surface area contributed by atoms with Crippen LogP contribution in [0.2, 0.25) is 0 Å². The van der Waals surface area contributed by atoms with Gasteiger partial charge in [-0.3, -0.25) is 9.52 Å². The van der Waals surface area contributed by atoms with Gasteiger partial charge < -0.3 is 9.64 Å². The van der Waals surface area contributed by atoms with E-state index in [4.69, 9.17) is 4.74 Å². The zero-order valence-corrected chi connectivity index (χ0v) is 22.9. The second kappa shape index (κ2) is 11.4. The number of hydrogen-bond acceptors (Lipinski definition) is 7. The van der Waals surface area contributed by atoms with Gasteiger partial charge in [-0.1, -0.05) is 24.3 Å². The van der Waals surface area contributed by atoms with Crippen LogP contribution in [0.15, 0.2) is 47.4 Å². The van der Waals surface area contributed by atoms with Crippen LogP contribution in [0.3, 0.4) is 0 Å². The first-order valence-corrected chi connectivity index (χ1v) is 15.9. The maximum absolute atomic E-state index is 13.8. The maximum Gasteiger partial charge on any atom is 0.309 e. The second-order valence-corrected chi connectivity index (χ2v) is 13.2. The Labute approximate surface area is 219 Å². The predicted octanol–water partition coefficient (Wildman–Crippen LogP) is 3.58. The van der Waals surface area contributed by atoms with Crippen molar-refractivity contribution in [1.29, 1.82) is 0 Å². The minimum atomic E-state index is -4.02. The standard InChI is InChI=1S/C26H35N3O6S2/c1-3-35-26(30)20-14-16-29(17-15-20)24-13-12-21(27-36(31,32)4-2)18-25(24)37(33,34)28-23-11-7-9-19-8-5-6-10-22(19)23/h5-6,8,10,12-13,18,20,23,27-28H,3-4,7,9,11,14-17H2,1-2H3/t23-/m1/s1. The Kier molecular flexibility index (Phi) is 8.45. The van der Waals surface area contributed by atoms with Crippen molar-refractivity contribution in [2.75, 3.05) is 35.1 Å². The second-order valence-electron chi connectivity index (χ2n) is 9.47. The number of carbonyl (C=O) groups is 1. The number of nitrogens with zero attached hydrogens (tertiary/aromatic N) is 1. The van der Waals surface area contributed by atoms with Gasteiger partial charge in [0.2, 0.25) is 20.0 Å². The molecule has 1 atom stereocenters. The van der Waals surface area contributed by atoms with Crippen LogP contribution in [0.1, 0.15) is 56.7 Å². The number of nitrogens with one attached hydrogen (secondary N) is 2. The summed E-state index contributed by atoms with van der Waals surface area (Å²) in [5.41, 5.74) is 2.78. The molecule has 1 saturated heterocycles. The van der Waals surface area contributed by atoms with Gasteiger partial charge in [-0.15, -0.1) is 0 Å². The maximum atomic E-state index is 13.8. The number of aryl methyl sites for hydroxylation is 1. The largest absolute Gasteiger partial charge is 0.466 e. The number of ether oxygens (including phenoxy) is 1. The topological polar surface area (TPSA) is 122 Å². The highest BCUT2D eigenvalue weighted by Gasteiger charge is 2.32. The first kappa shape index (κ1) is 27.4. The lowest BCUT2D eigenvalue weighted by atomic mass is 9.88. The molecule has 2 aliphatic rings. The minimum absolute atomic E-state index is 0.0152. The molecule has 0 radical (unpaired) electrons. The quantitative estimate of drug-likeness (QED) is 0.459. The summed E-state index contributed by atoms with van der Waals surface area (Å²) in [7, 11) is -7.62. The van der Waals surface area contributed by atoms with Crippen LogP contribution in [0, 0.1) is 5.92 Å². The Morgan fingerprint density at radius 3 is 2.46 bits per heavy atom. The van der Waals surface area contributed by atoms with E-state index in [2.05, 4.69) is 9.44 Å².